The highest BCUT2D eigenvalue weighted by Crippen LogP contribution is 2.24. The number of amides is 1. The maximum absolute atomic E-state index is 12.5. The maximum atomic E-state index is 12.5. The Bertz CT molecular complexity index is 895. The first-order valence-corrected chi connectivity index (χ1v) is 11.2. The molecule has 2 aromatic rings. The van der Waals surface area contributed by atoms with Gasteiger partial charge < -0.3 is 5.32 Å². The number of carbonyl (C=O) groups is 1. The molecule has 0 atom stereocenters. The molecule has 0 unspecified atom stereocenters. The topological polar surface area (TPSA) is 75.3 Å². The van der Waals surface area contributed by atoms with Crippen LogP contribution in [0.15, 0.2) is 58.3 Å². The number of halogens is 1. The summed E-state index contributed by atoms with van der Waals surface area (Å²) < 4.78 is 27.6. The fraction of sp³-hybridized carbons (Fsp3) is 0.316. The molecule has 0 radical (unpaired) electrons. The molecule has 0 aliphatic carbocycles. The first-order valence-electron chi connectivity index (χ1n) is 8.38. The number of carbonyl (C=O) groups excluding carboxylic acids is 1. The number of sulfonamides is 1. The van der Waals surface area contributed by atoms with Gasteiger partial charge in [-0.2, -0.15) is 0 Å². The Hall–Kier alpha value is -1.54. The standard InChI is InChI=1S/C19H23ClN2O3S2/c1-19(2,3)22-27(24,25)17-13-14(9-10-16(17)20)18(23)21-11-12-26-15-7-5-4-6-8-15/h4-10,13,22H,11-12H2,1-3H3,(H,21,23). The number of hydrogen-bond donors (Lipinski definition) is 2. The van der Waals surface area contributed by atoms with Gasteiger partial charge in [0.2, 0.25) is 10.0 Å². The van der Waals surface area contributed by atoms with Gasteiger partial charge in [-0.25, -0.2) is 13.1 Å². The van der Waals surface area contributed by atoms with Crippen LogP contribution in [0.1, 0.15) is 31.1 Å². The van der Waals surface area contributed by atoms with Gasteiger partial charge in [-0.1, -0.05) is 29.8 Å². The van der Waals surface area contributed by atoms with E-state index in [9.17, 15) is 13.2 Å². The molecule has 2 rings (SSSR count). The van der Waals surface area contributed by atoms with E-state index in [1.165, 1.54) is 18.2 Å². The summed E-state index contributed by atoms with van der Waals surface area (Å²) in [5.41, 5.74) is -0.409. The molecule has 5 nitrogen and oxygen atoms in total. The van der Waals surface area contributed by atoms with Crippen molar-refractivity contribution in [2.45, 2.75) is 36.1 Å². The molecular formula is C19H23ClN2O3S2. The van der Waals surface area contributed by atoms with Gasteiger partial charge in [-0.15, -0.1) is 11.8 Å². The highest BCUT2D eigenvalue weighted by Gasteiger charge is 2.25. The summed E-state index contributed by atoms with van der Waals surface area (Å²) in [6.07, 6.45) is 0. The Kier molecular flexibility index (Phi) is 7.33. The highest BCUT2D eigenvalue weighted by molar-refractivity contribution is 7.99. The zero-order chi connectivity index (χ0) is 20.1. The lowest BCUT2D eigenvalue weighted by Gasteiger charge is -2.21. The summed E-state index contributed by atoms with van der Waals surface area (Å²) in [5.74, 6) is 0.368. The smallest absolute Gasteiger partial charge is 0.251 e. The van der Waals surface area contributed by atoms with Crippen LogP contribution in [0, 0.1) is 0 Å². The number of nitrogens with one attached hydrogen (secondary N) is 2. The Balaban J connectivity index is 2.02. The first-order chi connectivity index (χ1) is 12.6. The van der Waals surface area contributed by atoms with Crippen LogP contribution in [0.25, 0.3) is 0 Å². The van der Waals surface area contributed by atoms with E-state index in [-0.39, 0.29) is 21.4 Å². The van der Waals surface area contributed by atoms with E-state index in [2.05, 4.69) is 10.0 Å². The number of rotatable bonds is 7. The lowest BCUT2D eigenvalue weighted by molar-refractivity contribution is 0.0956. The minimum absolute atomic E-state index is 0.0722. The van der Waals surface area contributed by atoms with Gasteiger partial charge in [0.05, 0.1) is 5.02 Å². The molecule has 0 heterocycles. The molecule has 0 aromatic heterocycles. The van der Waals surface area contributed by atoms with Gasteiger partial charge >= 0.3 is 0 Å². The predicted octanol–water partition coefficient (Wildman–Crippen LogP) is 3.94. The summed E-state index contributed by atoms with van der Waals surface area (Å²) >= 11 is 7.69. The van der Waals surface area contributed by atoms with Crippen LogP contribution in [0.2, 0.25) is 5.02 Å². The Labute approximate surface area is 169 Å². The first kappa shape index (κ1) is 21.8. The number of benzene rings is 2. The van der Waals surface area contributed by atoms with E-state index in [0.717, 1.165) is 4.90 Å². The third-order valence-corrected chi connectivity index (χ3v) is 6.58. The average Bonchev–Trinajstić information content (AvgIpc) is 2.57. The van der Waals surface area contributed by atoms with Crippen molar-refractivity contribution in [2.75, 3.05) is 12.3 Å². The van der Waals surface area contributed by atoms with Crippen molar-refractivity contribution < 1.29 is 13.2 Å². The summed E-state index contributed by atoms with van der Waals surface area (Å²) in [7, 11) is -3.83. The van der Waals surface area contributed by atoms with Crippen LogP contribution < -0.4 is 10.0 Å². The third-order valence-electron chi connectivity index (χ3n) is 3.32. The van der Waals surface area contributed by atoms with Gasteiger partial charge in [0.15, 0.2) is 0 Å². The van der Waals surface area contributed by atoms with E-state index in [4.69, 9.17) is 11.6 Å². The molecular weight excluding hydrogens is 404 g/mol. The van der Waals surface area contributed by atoms with E-state index >= 15 is 0 Å². The molecule has 0 aliphatic rings. The lowest BCUT2D eigenvalue weighted by atomic mass is 10.1. The SMILES string of the molecule is CC(C)(C)NS(=O)(=O)c1cc(C(=O)NCCSc2ccccc2)ccc1Cl. The molecule has 0 fully saturated rings. The molecule has 146 valence electrons. The van der Waals surface area contributed by atoms with E-state index in [1.54, 1.807) is 32.5 Å². The minimum Gasteiger partial charge on any atom is -0.351 e. The Morgan fingerprint density at radius 1 is 1.11 bits per heavy atom. The maximum Gasteiger partial charge on any atom is 0.251 e. The Morgan fingerprint density at radius 2 is 1.78 bits per heavy atom. The monoisotopic (exact) mass is 426 g/mol. The summed E-state index contributed by atoms with van der Waals surface area (Å²) in [6, 6.07) is 14.1. The van der Waals surface area contributed by atoms with E-state index in [1.807, 2.05) is 30.3 Å². The van der Waals surface area contributed by atoms with Crippen LogP contribution in [0.5, 0.6) is 0 Å². The van der Waals surface area contributed by atoms with E-state index < -0.39 is 15.6 Å². The molecule has 2 aromatic carbocycles. The van der Waals surface area contributed by atoms with Crippen molar-refractivity contribution in [3.63, 3.8) is 0 Å². The van der Waals surface area contributed by atoms with Crippen LogP contribution in [-0.4, -0.2) is 32.2 Å². The van der Waals surface area contributed by atoms with Crippen molar-refractivity contribution in [1.29, 1.82) is 0 Å². The van der Waals surface area contributed by atoms with Crippen molar-refractivity contribution in [1.82, 2.24) is 10.0 Å². The second-order valence-corrected chi connectivity index (χ2v) is 10.1. The van der Waals surface area contributed by atoms with Crippen LogP contribution in [0.4, 0.5) is 0 Å². The van der Waals surface area contributed by atoms with Crippen molar-refractivity contribution in [2.24, 2.45) is 0 Å². The molecule has 8 heteroatoms. The minimum atomic E-state index is -3.83. The average molecular weight is 427 g/mol. The van der Waals surface area contributed by atoms with Gasteiger partial charge in [0.1, 0.15) is 4.90 Å². The van der Waals surface area contributed by atoms with Gasteiger partial charge in [0, 0.05) is 28.3 Å². The van der Waals surface area contributed by atoms with E-state index in [0.29, 0.717) is 12.3 Å². The normalized spacial score (nSPS) is 12.0. The number of thioether (sulfide) groups is 1. The van der Waals surface area contributed by atoms with Crippen LogP contribution in [0.3, 0.4) is 0 Å². The summed E-state index contributed by atoms with van der Waals surface area (Å²) in [4.78, 5) is 13.4. The number of hydrogen-bond acceptors (Lipinski definition) is 4. The molecule has 0 aliphatic heterocycles. The molecule has 2 N–H and O–H groups in total. The van der Waals surface area contributed by atoms with Crippen molar-refractivity contribution in [3.05, 3.63) is 59.1 Å². The molecule has 27 heavy (non-hydrogen) atoms. The van der Waals surface area contributed by atoms with Gasteiger partial charge in [-0.3, -0.25) is 4.79 Å². The molecule has 0 bridgehead atoms. The summed E-state index contributed by atoms with van der Waals surface area (Å²) in [6.45, 7) is 5.67. The van der Waals surface area contributed by atoms with Crippen LogP contribution in [-0.2, 0) is 10.0 Å². The fourth-order valence-electron chi connectivity index (χ4n) is 2.26. The third kappa shape index (κ3) is 6.84. The lowest BCUT2D eigenvalue weighted by Crippen LogP contribution is -2.40. The highest BCUT2D eigenvalue weighted by atomic mass is 35.5. The van der Waals surface area contributed by atoms with Gasteiger partial charge in [-0.05, 0) is 51.1 Å². The van der Waals surface area contributed by atoms with Crippen molar-refractivity contribution >= 4 is 39.3 Å². The summed E-state index contributed by atoms with van der Waals surface area (Å²) in [5, 5.41) is 2.87. The predicted molar refractivity (Wildman–Crippen MR) is 111 cm³/mol. The molecule has 0 saturated heterocycles. The fourth-order valence-corrected chi connectivity index (χ4v) is 5.00. The largest absolute Gasteiger partial charge is 0.351 e. The second kappa shape index (κ2) is 9.10. The zero-order valence-corrected chi connectivity index (χ0v) is 17.8. The van der Waals surface area contributed by atoms with Crippen molar-refractivity contribution in [3.8, 4) is 0 Å². The van der Waals surface area contributed by atoms with Gasteiger partial charge in [0.25, 0.3) is 5.91 Å². The Morgan fingerprint density at radius 3 is 2.41 bits per heavy atom. The quantitative estimate of drug-likeness (QED) is 0.519. The second-order valence-electron chi connectivity index (χ2n) is 6.92. The molecule has 0 saturated carbocycles. The van der Waals surface area contributed by atoms with Crippen LogP contribution >= 0.6 is 23.4 Å². The molecule has 1 amide bonds. The zero-order valence-electron chi connectivity index (χ0n) is 15.5. The molecule has 0 spiro atoms.